The van der Waals surface area contributed by atoms with Crippen LogP contribution in [0.4, 0.5) is 0 Å². The Kier molecular flexibility index (Phi) is 1.98. The summed E-state index contributed by atoms with van der Waals surface area (Å²) in [5.41, 5.74) is 2.71. The molecule has 0 bridgehead atoms. The van der Waals surface area contributed by atoms with E-state index in [9.17, 15) is 0 Å². The summed E-state index contributed by atoms with van der Waals surface area (Å²) >= 11 is 0. The Hall–Kier alpha value is -2.24. The van der Waals surface area contributed by atoms with Gasteiger partial charge in [0.25, 0.3) is 0 Å². The molecule has 0 spiro atoms. The first-order valence-electron chi connectivity index (χ1n) is 5.37. The highest BCUT2D eigenvalue weighted by molar-refractivity contribution is 5.54. The normalized spacial score (nSPS) is 11.2. The molecule has 0 aliphatic heterocycles. The molecule has 3 aromatic heterocycles. The van der Waals surface area contributed by atoms with Gasteiger partial charge in [-0.3, -0.25) is 4.40 Å². The first kappa shape index (κ1) is 9.95. The molecule has 0 saturated carbocycles. The SMILES string of the molecule is Cc1cc(C)n(-c2nccn3c(C)nnc23)n1. The van der Waals surface area contributed by atoms with Crippen molar-refractivity contribution in [3.8, 4) is 5.82 Å². The van der Waals surface area contributed by atoms with Crippen molar-refractivity contribution in [3.63, 3.8) is 0 Å². The molecule has 6 heteroatoms. The van der Waals surface area contributed by atoms with Gasteiger partial charge in [-0.1, -0.05) is 0 Å². The van der Waals surface area contributed by atoms with E-state index in [2.05, 4.69) is 20.3 Å². The van der Waals surface area contributed by atoms with Gasteiger partial charge in [-0.05, 0) is 26.8 Å². The summed E-state index contributed by atoms with van der Waals surface area (Å²) in [6, 6.07) is 2.01. The second-order valence-corrected chi connectivity index (χ2v) is 4.03. The van der Waals surface area contributed by atoms with Crippen LogP contribution in [0.2, 0.25) is 0 Å². The third kappa shape index (κ3) is 1.41. The topological polar surface area (TPSA) is 60.9 Å². The Morgan fingerprint density at radius 2 is 1.94 bits per heavy atom. The Morgan fingerprint density at radius 3 is 2.65 bits per heavy atom. The molecule has 0 amide bonds. The molecule has 0 radical (unpaired) electrons. The molecular formula is C11H12N6. The quantitative estimate of drug-likeness (QED) is 0.628. The van der Waals surface area contributed by atoms with Gasteiger partial charge in [-0.2, -0.15) is 5.10 Å². The van der Waals surface area contributed by atoms with E-state index in [1.807, 2.05) is 37.4 Å². The lowest BCUT2D eigenvalue weighted by Gasteiger charge is -2.04. The average Bonchev–Trinajstić information content (AvgIpc) is 2.83. The molecule has 0 fully saturated rings. The first-order valence-corrected chi connectivity index (χ1v) is 5.37. The first-order chi connectivity index (χ1) is 8.16. The summed E-state index contributed by atoms with van der Waals surface area (Å²) in [5.74, 6) is 1.55. The molecule has 0 N–H and O–H groups in total. The van der Waals surface area contributed by atoms with Gasteiger partial charge < -0.3 is 0 Å². The number of aryl methyl sites for hydroxylation is 3. The van der Waals surface area contributed by atoms with E-state index in [0.29, 0.717) is 5.82 Å². The van der Waals surface area contributed by atoms with E-state index in [0.717, 1.165) is 22.9 Å². The Labute approximate surface area is 97.9 Å². The molecule has 6 nitrogen and oxygen atoms in total. The highest BCUT2D eigenvalue weighted by Crippen LogP contribution is 2.14. The van der Waals surface area contributed by atoms with Gasteiger partial charge in [0.1, 0.15) is 5.82 Å². The number of fused-ring (bicyclic) bond motifs is 1. The zero-order valence-electron chi connectivity index (χ0n) is 9.92. The third-order valence-corrected chi connectivity index (χ3v) is 2.69. The summed E-state index contributed by atoms with van der Waals surface area (Å²) in [5, 5.41) is 12.6. The van der Waals surface area contributed by atoms with E-state index in [4.69, 9.17) is 0 Å². The Bertz CT molecular complexity index is 693. The van der Waals surface area contributed by atoms with Gasteiger partial charge in [0.05, 0.1) is 5.69 Å². The largest absolute Gasteiger partial charge is 0.282 e. The van der Waals surface area contributed by atoms with Gasteiger partial charge in [0, 0.05) is 18.1 Å². The molecule has 0 aromatic carbocycles. The molecule has 86 valence electrons. The van der Waals surface area contributed by atoms with Crippen LogP contribution in [-0.2, 0) is 0 Å². The molecule has 0 aliphatic rings. The van der Waals surface area contributed by atoms with E-state index in [1.165, 1.54) is 0 Å². The molecule has 3 heterocycles. The zero-order valence-corrected chi connectivity index (χ0v) is 9.92. The van der Waals surface area contributed by atoms with E-state index >= 15 is 0 Å². The van der Waals surface area contributed by atoms with Crippen molar-refractivity contribution in [2.24, 2.45) is 0 Å². The van der Waals surface area contributed by atoms with Crippen molar-refractivity contribution in [3.05, 3.63) is 35.7 Å². The minimum Gasteiger partial charge on any atom is -0.282 e. The van der Waals surface area contributed by atoms with Crippen molar-refractivity contribution < 1.29 is 0 Å². The van der Waals surface area contributed by atoms with Crippen molar-refractivity contribution in [1.29, 1.82) is 0 Å². The number of rotatable bonds is 1. The molecule has 3 aromatic rings. The second-order valence-electron chi connectivity index (χ2n) is 4.03. The van der Waals surface area contributed by atoms with Crippen LogP contribution in [0.5, 0.6) is 0 Å². The van der Waals surface area contributed by atoms with Crippen LogP contribution in [-0.4, -0.2) is 29.4 Å². The summed E-state index contributed by atoms with van der Waals surface area (Å²) in [4.78, 5) is 4.34. The lowest BCUT2D eigenvalue weighted by atomic mass is 10.4. The molecule has 0 unspecified atom stereocenters. The molecule has 0 aliphatic carbocycles. The standard InChI is InChI=1S/C11H12N6/c1-7-6-8(2)17(15-7)10-11-14-13-9(3)16(11)5-4-12-10/h4-6H,1-3H3. The van der Waals surface area contributed by atoms with Crippen molar-refractivity contribution in [2.45, 2.75) is 20.8 Å². The lowest BCUT2D eigenvalue weighted by molar-refractivity contribution is 0.802. The van der Waals surface area contributed by atoms with E-state index in [-0.39, 0.29) is 0 Å². The zero-order chi connectivity index (χ0) is 12.0. The van der Waals surface area contributed by atoms with Crippen LogP contribution in [0.3, 0.4) is 0 Å². The Balaban J connectivity index is 2.34. The predicted octanol–water partition coefficient (Wildman–Crippen LogP) is 1.24. The number of nitrogens with zero attached hydrogens (tertiary/aromatic N) is 6. The van der Waals surface area contributed by atoms with Crippen LogP contribution >= 0.6 is 0 Å². The fraction of sp³-hybridized carbons (Fsp3) is 0.273. The smallest absolute Gasteiger partial charge is 0.206 e. The molecular weight excluding hydrogens is 216 g/mol. The third-order valence-electron chi connectivity index (χ3n) is 2.69. The maximum absolute atomic E-state index is 4.41. The summed E-state index contributed by atoms with van der Waals surface area (Å²) in [6.45, 7) is 5.86. The fourth-order valence-corrected chi connectivity index (χ4v) is 1.92. The predicted molar refractivity (Wildman–Crippen MR) is 62.1 cm³/mol. The fourth-order valence-electron chi connectivity index (χ4n) is 1.92. The lowest BCUT2D eigenvalue weighted by Crippen LogP contribution is -2.05. The minimum absolute atomic E-state index is 0.707. The molecule has 0 saturated heterocycles. The van der Waals surface area contributed by atoms with Crippen LogP contribution < -0.4 is 0 Å². The van der Waals surface area contributed by atoms with Crippen LogP contribution in [0.25, 0.3) is 11.5 Å². The highest BCUT2D eigenvalue weighted by Gasteiger charge is 2.12. The maximum atomic E-state index is 4.41. The van der Waals surface area contributed by atoms with Crippen molar-refractivity contribution >= 4 is 5.65 Å². The summed E-state index contributed by atoms with van der Waals surface area (Å²) < 4.78 is 3.69. The molecule has 0 atom stereocenters. The van der Waals surface area contributed by atoms with Crippen molar-refractivity contribution in [1.82, 2.24) is 29.4 Å². The summed E-state index contributed by atoms with van der Waals surface area (Å²) in [7, 11) is 0. The highest BCUT2D eigenvalue weighted by atomic mass is 15.4. The Morgan fingerprint density at radius 1 is 1.12 bits per heavy atom. The van der Waals surface area contributed by atoms with E-state index in [1.54, 1.807) is 10.9 Å². The monoisotopic (exact) mass is 228 g/mol. The van der Waals surface area contributed by atoms with Crippen molar-refractivity contribution in [2.75, 3.05) is 0 Å². The average molecular weight is 228 g/mol. The second kappa shape index (κ2) is 3.38. The molecule has 17 heavy (non-hydrogen) atoms. The van der Waals surface area contributed by atoms with Gasteiger partial charge in [0.15, 0.2) is 5.82 Å². The van der Waals surface area contributed by atoms with Gasteiger partial charge >= 0.3 is 0 Å². The minimum atomic E-state index is 0.707. The van der Waals surface area contributed by atoms with Gasteiger partial charge in [-0.15, -0.1) is 10.2 Å². The van der Waals surface area contributed by atoms with Crippen LogP contribution in [0.1, 0.15) is 17.2 Å². The van der Waals surface area contributed by atoms with Crippen LogP contribution in [0.15, 0.2) is 18.5 Å². The van der Waals surface area contributed by atoms with E-state index < -0.39 is 0 Å². The van der Waals surface area contributed by atoms with Crippen LogP contribution in [0, 0.1) is 20.8 Å². The number of hydrogen-bond donors (Lipinski definition) is 0. The molecule has 3 rings (SSSR count). The number of aromatic nitrogens is 6. The maximum Gasteiger partial charge on any atom is 0.206 e. The summed E-state index contributed by atoms with van der Waals surface area (Å²) in [6.07, 6.45) is 3.58. The number of hydrogen-bond acceptors (Lipinski definition) is 4. The van der Waals surface area contributed by atoms with Gasteiger partial charge in [-0.25, -0.2) is 9.67 Å². The van der Waals surface area contributed by atoms with Gasteiger partial charge in [0.2, 0.25) is 5.65 Å².